The maximum absolute atomic E-state index is 10.9. The first-order chi connectivity index (χ1) is 9.59. The molecule has 104 valence electrons. The number of hydrogen-bond acceptors (Lipinski definition) is 4. The number of pyridine rings is 1. The third kappa shape index (κ3) is 3.19. The topological polar surface area (TPSA) is 68.1 Å². The molecular formula is C15H17N3O2. The Hall–Kier alpha value is -2.27. The van der Waals surface area contributed by atoms with Crippen molar-refractivity contribution < 1.29 is 4.92 Å². The third-order valence-corrected chi connectivity index (χ3v) is 3.38. The highest BCUT2D eigenvalue weighted by Gasteiger charge is 2.12. The SMILES string of the molecule is Cc1cnccc1CNCc1cccc([N+](=O)[O-])c1C. The molecular weight excluding hydrogens is 254 g/mol. The molecule has 5 nitrogen and oxygen atoms in total. The average Bonchev–Trinajstić information content (AvgIpc) is 2.42. The van der Waals surface area contributed by atoms with Crippen molar-refractivity contribution in [2.24, 2.45) is 0 Å². The molecule has 1 N–H and O–H groups in total. The van der Waals surface area contributed by atoms with E-state index in [0.29, 0.717) is 6.54 Å². The molecule has 0 bridgehead atoms. The van der Waals surface area contributed by atoms with Gasteiger partial charge in [-0.1, -0.05) is 12.1 Å². The second-order valence-corrected chi connectivity index (χ2v) is 4.72. The van der Waals surface area contributed by atoms with E-state index in [1.807, 2.05) is 25.3 Å². The second-order valence-electron chi connectivity index (χ2n) is 4.72. The Bertz CT molecular complexity index is 626. The molecule has 2 rings (SSSR count). The Morgan fingerprint density at radius 2 is 1.95 bits per heavy atom. The van der Waals surface area contributed by atoms with Gasteiger partial charge in [0.1, 0.15) is 0 Å². The fourth-order valence-electron chi connectivity index (χ4n) is 2.09. The van der Waals surface area contributed by atoms with Crippen LogP contribution in [0.15, 0.2) is 36.7 Å². The van der Waals surface area contributed by atoms with Crippen molar-refractivity contribution in [3.63, 3.8) is 0 Å². The monoisotopic (exact) mass is 271 g/mol. The Morgan fingerprint density at radius 1 is 1.20 bits per heavy atom. The van der Waals surface area contributed by atoms with Crippen LogP contribution in [-0.2, 0) is 13.1 Å². The molecule has 0 saturated heterocycles. The van der Waals surface area contributed by atoms with Crippen molar-refractivity contribution in [3.8, 4) is 0 Å². The summed E-state index contributed by atoms with van der Waals surface area (Å²) in [7, 11) is 0. The fraction of sp³-hybridized carbons (Fsp3) is 0.267. The smallest absolute Gasteiger partial charge is 0.272 e. The van der Waals surface area contributed by atoms with Gasteiger partial charge in [0.15, 0.2) is 0 Å². The predicted molar refractivity (Wildman–Crippen MR) is 77.4 cm³/mol. The van der Waals surface area contributed by atoms with Crippen molar-refractivity contribution >= 4 is 5.69 Å². The van der Waals surface area contributed by atoms with Gasteiger partial charge in [-0.15, -0.1) is 0 Å². The summed E-state index contributed by atoms with van der Waals surface area (Å²) in [6, 6.07) is 7.14. The van der Waals surface area contributed by atoms with Gasteiger partial charge in [-0.3, -0.25) is 15.1 Å². The lowest BCUT2D eigenvalue weighted by Crippen LogP contribution is -2.14. The molecule has 1 aromatic heterocycles. The van der Waals surface area contributed by atoms with Gasteiger partial charge in [0.2, 0.25) is 0 Å². The zero-order chi connectivity index (χ0) is 14.5. The summed E-state index contributed by atoms with van der Waals surface area (Å²) in [4.78, 5) is 14.6. The fourth-order valence-corrected chi connectivity index (χ4v) is 2.09. The van der Waals surface area contributed by atoms with Gasteiger partial charge >= 0.3 is 0 Å². The Morgan fingerprint density at radius 3 is 2.65 bits per heavy atom. The number of nitro groups is 1. The molecule has 0 saturated carbocycles. The summed E-state index contributed by atoms with van der Waals surface area (Å²) in [5.41, 5.74) is 4.16. The molecule has 0 aliphatic rings. The van der Waals surface area contributed by atoms with Crippen molar-refractivity contribution in [2.75, 3.05) is 0 Å². The van der Waals surface area contributed by atoms with Gasteiger partial charge in [-0.05, 0) is 36.6 Å². The number of nitro benzene ring substituents is 1. The number of nitrogens with one attached hydrogen (secondary N) is 1. The Labute approximate surface area is 117 Å². The van der Waals surface area contributed by atoms with Crippen LogP contribution in [0.2, 0.25) is 0 Å². The van der Waals surface area contributed by atoms with E-state index in [4.69, 9.17) is 0 Å². The summed E-state index contributed by atoms with van der Waals surface area (Å²) >= 11 is 0. The Kier molecular flexibility index (Phi) is 4.42. The van der Waals surface area contributed by atoms with Crippen LogP contribution in [0.4, 0.5) is 5.69 Å². The van der Waals surface area contributed by atoms with E-state index in [-0.39, 0.29) is 10.6 Å². The van der Waals surface area contributed by atoms with Gasteiger partial charge < -0.3 is 5.32 Å². The third-order valence-electron chi connectivity index (χ3n) is 3.38. The van der Waals surface area contributed by atoms with Crippen molar-refractivity contribution in [2.45, 2.75) is 26.9 Å². The van der Waals surface area contributed by atoms with Crippen LogP contribution >= 0.6 is 0 Å². The number of nitrogens with zero attached hydrogens (tertiary/aromatic N) is 2. The number of rotatable bonds is 5. The highest BCUT2D eigenvalue weighted by molar-refractivity contribution is 5.44. The van der Waals surface area contributed by atoms with Crippen LogP contribution < -0.4 is 5.32 Å². The number of aryl methyl sites for hydroxylation is 1. The highest BCUT2D eigenvalue weighted by Crippen LogP contribution is 2.20. The van der Waals surface area contributed by atoms with E-state index in [1.54, 1.807) is 19.2 Å². The van der Waals surface area contributed by atoms with Gasteiger partial charge in [0, 0.05) is 37.1 Å². The largest absolute Gasteiger partial charge is 0.309 e. The van der Waals surface area contributed by atoms with Crippen molar-refractivity contribution in [3.05, 3.63) is 69.0 Å². The predicted octanol–water partition coefficient (Wildman–Crippen LogP) is 2.90. The summed E-state index contributed by atoms with van der Waals surface area (Å²) in [6.45, 7) is 5.13. The summed E-state index contributed by atoms with van der Waals surface area (Å²) in [6.07, 6.45) is 3.60. The van der Waals surface area contributed by atoms with Crippen LogP contribution in [0.25, 0.3) is 0 Å². The zero-order valence-corrected chi connectivity index (χ0v) is 11.6. The van der Waals surface area contributed by atoms with Crippen molar-refractivity contribution in [1.82, 2.24) is 10.3 Å². The molecule has 0 fully saturated rings. The lowest BCUT2D eigenvalue weighted by molar-refractivity contribution is -0.385. The van der Waals surface area contributed by atoms with Gasteiger partial charge in [0.05, 0.1) is 4.92 Å². The minimum absolute atomic E-state index is 0.171. The van der Waals surface area contributed by atoms with E-state index in [9.17, 15) is 10.1 Å². The molecule has 0 unspecified atom stereocenters. The lowest BCUT2D eigenvalue weighted by Gasteiger charge is -2.09. The molecule has 0 amide bonds. The standard InChI is InChI=1S/C15H17N3O2/c1-11-8-16-7-6-13(11)9-17-10-14-4-3-5-15(12(14)2)18(19)20/h3-8,17H,9-10H2,1-2H3. The molecule has 0 aliphatic carbocycles. The zero-order valence-electron chi connectivity index (χ0n) is 11.6. The molecule has 0 atom stereocenters. The Balaban J connectivity index is 2.03. The van der Waals surface area contributed by atoms with E-state index < -0.39 is 0 Å². The summed E-state index contributed by atoms with van der Waals surface area (Å²) in [5.74, 6) is 0. The van der Waals surface area contributed by atoms with E-state index in [0.717, 1.165) is 23.2 Å². The van der Waals surface area contributed by atoms with Crippen LogP contribution in [0.3, 0.4) is 0 Å². The average molecular weight is 271 g/mol. The molecule has 2 aromatic rings. The summed E-state index contributed by atoms with van der Waals surface area (Å²) in [5, 5.41) is 14.2. The molecule has 0 spiro atoms. The molecule has 1 heterocycles. The van der Waals surface area contributed by atoms with Crippen LogP contribution in [0, 0.1) is 24.0 Å². The van der Waals surface area contributed by atoms with Crippen LogP contribution in [0.5, 0.6) is 0 Å². The maximum Gasteiger partial charge on any atom is 0.272 e. The van der Waals surface area contributed by atoms with Gasteiger partial charge in [0.25, 0.3) is 5.69 Å². The molecule has 20 heavy (non-hydrogen) atoms. The molecule has 1 aromatic carbocycles. The first-order valence-electron chi connectivity index (χ1n) is 6.42. The first kappa shape index (κ1) is 14.1. The minimum atomic E-state index is -0.341. The van der Waals surface area contributed by atoms with Crippen molar-refractivity contribution in [1.29, 1.82) is 0 Å². The number of aromatic nitrogens is 1. The number of hydrogen-bond donors (Lipinski definition) is 1. The van der Waals surface area contributed by atoms with E-state index in [1.165, 1.54) is 11.6 Å². The minimum Gasteiger partial charge on any atom is -0.309 e. The van der Waals surface area contributed by atoms with Gasteiger partial charge in [-0.2, -0.15) is 0 Å². The number of benzene rings is 1. The van der Waals surface area contributed by atoms with Crippen LogP contribution in [-0.4, -0.2) is 9.91 Å². The quantitative estimate of drug-likeness (QED) is 0.670. The van der Waals surface area contributed by atoms with Crippen LogP contribution in [0.1, 0.15) is 22.3 Å². The maximum atomic E-state index is 10.9. The molecule has 5 heteroatoms. The normalized spacial score (nSPS) is 10.5. The van der Waals surface area contributed by atoms with E-state index >= 15 is 0 Å². The molecule has 0 radical (unpaired) electrons. The first-order valence-corrected chi connectivity index (χ1v) is 6.42. The second kappa shape index (κ2) is 6.25. The summed E-state index contributed by atoms with van der Waals surface area (Å²) < 4.78 is 0. The lowest BCUT2D eigenvalue weighted by atomic mass is 10.1. The van der Waals surface area contributed by atoms with Gasteiger partial charge in [-0.25, -0.2) is 0 Å². The van der Waals surface area contributed by atoms with E-state index in [2.05, 4.69) is 10.3 Å². The highest BCUT2D eigenvalue weighted by atomic mass is 16.6. The molecule has 0 aliphatic heterocycles.